The molecule has 0 saturated heterocycles. The SMILES string of the molecule is COC(=O)C1(/C=C/c2cnc3ccccc3c2)CCCCC1. The first-order valence-corrected chi connectivity index (χ1v) is 7.86. The lowest BCUT2D eigenvalue weighted by molar-refractivity contribution is -0.151. The molecule has 1 aromatic carbocycles. The highest BCUT2D eigenvalue weighted by atomic mass is 16.5. The van der Waals surface area contributed by atoms with E-state index in [-0.39, 0.29) is 5.97 Å². The van der Waals surface area contributed by atoms with Gasteiger partial charge in [-0.05, 0) is 30.5 Å². The molecule has 22 heavy (non-hydrogen) atoms. The molecule has 0 amide bonds. The zero-order valence-electron chi connectivity index (χ0n) is 12.9. The van der Waals surface area contributed by atoms with E-state index in [9.17, 15) is 4.79 Å². The maximum atomic E-state index is 12.2. The average molecular weight is 295 g/mol. The molecule has 1 aliphatic carbocycles. The van der Waals surface area contributed by atoms with Gasteiger partial charge >= 0.3 is 5.97 Å². The van der Waals surface area contributed by atoms with Crippen LogP contribution in [0.1, 0.15) is 37.7 Å². The van der Waals surface area contributed by atoms with Crippen molar-refractivity contribution in [1.82, 2.24) is 4.98 Å². The number of hydrogen-bond acceptors (Lipinski definition) is 3. The van der Waals surface area contributed by atoms with Gasteiger partial charge in [0.05, 0.1) is 18.0 Å². The molecule has 1 saturated carbocycles. The third-order valence-corrected chi connectivity index (χ3v) is 4.54. The molecule has 1 heterocycles. The van der Waals surface area contributed by atoms with Gasteiger partial charge in [-0.15, -0.1) is 0 Å². The minimum Gasteiger partial charge on any atom is -0.468 e. The van der Waals surface area contributed by atoms with Crippen LogP contribution in [0.15, 0.2) is 42.6 Å². The van der Waals surface area contributed by atoms with E-state index < -0.39 is 5.41 Å². The molecule has 2 aromatic rings. The van der Waals surface area contributed by atoms with Gasteiger partial charge in [0.1, 0.15) is 0 Å². The molecule has 0 aliphatic heterocycles. The number of aromatic nitrogens is 1. The van der Waals surface area contributed by atoms with Crippen LogP contribution in [-0.2, 0) is 9.53 Å². The van der Waals surface area contributed by atoms with Crippen LogP contribution in [0, 0.1) is 5.41 Å². The van der Waals surface area contributed by atoms with Crippen molar-refractivity contribution in [2.75, 3.05) is 7.11 Å². The highest BCUT2D eigenvalue weighted by molar-refractivity contribution is 5.82. The van der Waals surface area contributed by atoms with Gasteiger partial charge in [-0.2, -0.15) is 0 Å². The van der Waals surface area contributed by atoms with E-state index in [0.29, 0.717) is 0 Å². The second-order valence-corrected chi connectivity index (χ2v) is 6.00. The molecule has 0 radical (unpaired) electrons. The molecule has 0 bridgehead atoms. The summed E-state index contributed by atoms with van der Waals surface area (Å²) >= 11 is 0. The van der Waals surface area contributed by atoms with E-state index in [2.05, 4.69) is 17.1 Å². The minimum atomic E-state index is -0.460. The topological polar surface area (TPSA) is 39.2 Å². The largest absolute Gasteiger partial charge is 0.468 e. The molecular weight excluding hydrogens is 274 g/mol. The molecule has 0 spiro atoms. The first-order valence-electron chi connectivity index (χ1n) is 7.86. The number of fused-ring (bicyclic) bond motifs is 1. The van der Waals surface area contributed by atoms with Gasteiger partial charge in [-0.1, -0.05) is 49.6 Å². The van der Waals surface area contributed by atoms with E-state index in [0.717, 1.165) is 42.1 Å². The maximum absolute atomic E-state index is 12.2. The summed E-state index contributed by atoms with van der Waals surface area (Å²) in [5, 5.41) is 1.11. The summed E-state index contributed by atoms with van der Waals surface area (Å²) in [6.45, 7) is 0. The molecule has 3 nitrogen and oxygen atoms in total. The Hall–Kier alpha value is -2.16. The van der Waals surface area contributed by atoms with Crippen LogP contribution in [0.4, 0.5) is 0 Å². The van der Waals surface area contributed by atoms with Crippen LogP contribution >= 0.6 is 0 Å². The maximum Gasteiger partial charge on any atom is 0.315 e. The summed E-state index contributed by atoms with van der Waals surface area (Å²) in [5.41, 5.74) is 1.55. The van der Waals surface area contributed by atoms with E-state index >= 15 is 0 Å². The Morgan fingerprint density at radius 1 is 1.23 bits per heavy atom. The van der Waals surface area contributed by atoms with E-state index in [1.54, 1.807) is 0 Å². The molecule has 1 aromatic heterocycles. The van der Waals surface area contributed by atoms with Crippen molar-refractivity contribution < 1.29 is 9.53 Å². The highest BCUT2D eigenvalue weighted by Crippen LogP contribution is 2.39. The molecule has 0 unspecified atom stereocenters. The molecular formula is C19H21NO2. The fourth-order valence-electron chi connectivity index (χ4n) is 3.26. The van der Waals surface area contributed by atoms with Crippen molar-refractivity contribution >= 4 is 22.9 Å². The number of pyridine rings is 1. The second-order valence-electron chi connectivity index (χ2n) is 6.00. The normalized spacial score (nSPS) is 17.7. The van der Waals surface area contributed by atoms with Gasteiger partial charge < -0.3 is 4.74 Å². The zero-order valence-corrected chi connectivity index (χ0v) is 12.9. The number of carbonyl (C=O) groups excluding carboxylic acids is 1. The number of para-hydroxylation sites is 1. The highest BCUT2D eigenvalue weighted by Gasteiger charge is 2.37. The van der Waals surface area contributed by atoms with Gasteiger partial charge in [0.25, 0.3) is 0 Å². The molecule has 1 aliphatic rings. The standard InChI is InChI=1S/C19H21NO2/c1-22-18(21)19(10-5-2-6-11-19)12-9-15-13-16-7-3-4-8-17(16)20-14-15/h3-4,7-9,12-14H,2,5-6,10-11H2,1H3/b12-9+. The quantitative estimate of drug-likeness (QED) is 0.789. The Morgan fingerprint density at radius 2 is 2.00 bits per heavy atom. The number of rotatable bonds is 3. The van der Waals surface area contributed by atoms with Crippen molar-refractivity contribution in [3.05, 3.63) is 48.2 Å². The summed E-state index contributed by atoms with van der Waals surface area (Å²) in [4.78, 5) is 16.7. The smallest absolute Gasteiger partial charge is 0.315 e. The number of esters is 1. The van der Waals surface area contributed by atoms with Crippen LogP contribution in [0.25, 0.3) is 17.0 Å². The summed E-state index contributed by atoms with van der Waals surface area (Å²) in [6, 6.07) is 10.1. The van der Waals surface area contributed by atoms with Crippen molar-refractivity contribution in [2.24, 2.45) is 5.41 Å². The summed E-state index contributed by atoms with van der Waals surface area (Å²) in [5.74, 6) is -0.114. The van der Waals surface area contributed by atoms with Gasteiger partial charge in [0, 0.05) is 11.6 Å². The third-order valence-electron chi connectivity index (χ3n) is 4.54. The molecule has 3 heteroatoms. The summed E-state index contributed by atoms with van der Waals surface area (Å²) in [6.07, 6.45) is 11.0. The minimum absolute atomic E-state index is 0.114. The zero-order chi connectivity index (χ0) is 15.4. The Labute approximate surface area is 131 Å². The predicted molar refractivity (Wildman–Crippen MR) is 88.3 cm³/mol. The lowest BCUT2D eigenvalue weighted by Crippen LogP contribution is -2.32. The monoisotopic (exact) mass is 295 g/mol. The van der Waals surface area contributed by atoms with Gasteiger partial charge in [0.2, 0.25) is 0 Å². The fraction of sp³-hybridized carbons (Fsp3) is 0.368. The predicted octanol–water partition coefficient (Wildman–Crippen LogP) is 4.37. The van der Waals surface area contributed by atoms with Crippen molar-refractivity contribution in [2.45, 2.75) is 32.1 Å². The number of benzene rings is 1. The molecule has 1 fully saturated rings. The van der Waals surface area contributed by atoms with Gasteiger partial charge in [-0.25, -0.2) is 0 Å². The number of carbonyl (C=O) groups is 1. The van der Waals surface area contributed by atoms with Crippen molar-refractivity contribution in [1.29, 1.82) is 0 Å². The Morgan fingerprint density at radius 3 is 2.77 bits per heavy atom. The number of nitrogens with zero attached hydrogens (tertiary/aromatic N) is 1. The lowest BCUT2D eigenvalue weighted by Gasteiger charge is -2.31. The van der Waals surface area contributed by atoms with Gasteiger partial charge in [0.15, 0.2) is 0 Å². The lowest BCUT2D eigenvalue weighted by atomic mass is 9.73. The molecule has 0 atom stereocenters. The van der Waals surface area contributed by atoms with E-state index in [1.165, 1.54) is 13.5 Å². The Kier molecular flexibility index (Phi) is 4.23. The van der Waals surface area contributed by atoms with Crippen LogP contribution in [0.3, 0.4) is 0 Å². The molecule has 0 N–H and O–H groups in total. The number of hydrogen-bond donors (Lipinski definition) is 0. The molecule has 3 rings (SSSR count). The van der Waals surface area contributed by atoms with Crippen LogP contribution < -0.4 is 0 Å². The van der Waals surface area contributed by atoms with Crippen molar-refractivity contribution in [3.63, 3.8) is 0 Å². The van der Waals surface area contributed by atoms with Crippen LogP contribution in [-0.4, -0.2) is 18.1 Å². The second kappa shape index (κ2) is 6.30. The van der Waals surface area contributed by atoms with Crippen molar-refractivity contribution in [3.8, 4) is 0 Å². The van der Waals surface area contributed by atoms with Gasteiger partial charge in [-0.3, -0.25) is 9.78 Å². The van der Waals surface area contributed by atoms with Crippen LogP contribution in [0.2, 0.25) is 0 Å². The first-order chi connectivity index (χ1) is 10.7. The van der Waals surface area contributed by atoms with Crippen LogP contribution in [0.5, 0.6) is 0 Å². The fourth-order valence-corrected chi connectivity index (χ4v) is 3.26. The Bertz CT molecular complexity index is 699. The third kappa shape index (κ3) is 2.89. The molecule has 114 valence electrons. The number of ether oxygens (including phenoxy) is 1. The summed E-state index contributed by atoms with van der Waals surface area (Å²) < 4.78 is 5.05. The summed E-state index contributed by atoms with van der Waals surface area (Å²) in [7, 11) is 1.48. The van der Waals surface area contributed by atoms with E-state index in [4.69, 9.17) is 4.74 Å². The van der Waals surface area contributed by atoms with E-state index in [1.807, 2.05) is 36.5 Å². The number of methoxy groups -OCH3 is 1. The average Bonchev–Trinajstić information content (AvgIpc) is 2.60. The Balaban J connectivity index is 1.90. The first kappa shape index (κ1) is 14.8.